The van der Waals surface area contributed by atoms with Crippen LogP contribution in [0.3, 0.4) is 0 Å². The molecule has 1 atom stereocenters. The molecule has 0 aromatic carbocycles. The Morgan fingerprint density at radius 3 is 2.14 bits per heavy atom. The van der Waals surface area contributed by atoms with E-state index in [2.05, 4.69) is 30.6 Å². The standard InChI is InChI=1S/C19H32N2O.C2H2O4/c1-4-21(14-16(2)3)19(22)18-10-12-20(13-11-18)15-17-8-6-5-7-9-17;3-1(4)2(5)6/h5-6,17-18H,2,4,7-15H2,1,3H3;(H,3,4)(H,5,6). The summed E-state index contributed by atoms with van der Waals surface area (Å²) in [6, 6.07) is 0. The molecule has 1 aliphatic heterocycles. The highest BCUT2D eigenvalue weighted by molar-refractivity contribution is 6.27. The summed E-state index contributed by atoms with van der Waals surface area (Å²) in [7, 11) is 0. The molecule has 0 radical (unpaired) electrons. The van der Waals surface area contributed by atoms with Crippen LogP contribution in [-0.2, 0) is 14.4 Å². The largest absolute Gasteiger partial charge is 0.473 e. The second-order valence-corrected chi connectivity index (χ2v) is 7.65. The van der Waals surface area contributed by atoms with Crippen LogP contribution in [0.4, 0.5) is 0 Å². The Morgan fingerprint density at radius 2 is 1.71 bits per heavy atom. The Morgan fingerprint density at radius 1 is 1.11 bits per heavy atom. The van der Waals surface area contributed by atoms with Gasteiger partial charge >= 0.3 is 11.9 Å². The second kappa shape index (κ2) is 12.3. The highest BCUT2D eigenvalue weighted by atomic mass is 16.4. The van der Waals surface area contributed by atoms with Crippen molar-refractivity contribution < 1.29 is 24.6 Å². The van der Waals surface area contributed by atoms with Gasteiger partial charge in [0.2, 0.25) is 5.91 Å². The van der Waals surface area contributed by atoms with E-state index in [4.69, 9.17) is 19.8 Å². The molecule has 158 valence electrons. The van der Waals surface area contributed by atoms with Gasteiger partial charge in [0.15, 0.2) is 0 Å². The maximum Gasteiger partial charge on any atom is 0.414 e. The molecule has 1 heterocycles. The lowest BCUT2D eigenvalue weighted by molar-refractivity contribution is -0.159. The Bertz CT molecular complexity index is 567. The first-order valence-corrected chi connectivity index (χ1v) is 10.0. The molecule has 0 spiro atoms. The number of carbonyl (C=O) groups excluding carboxylic acids is 1. The van der Waals surface area contributed by atoms with Crippen LogP contribution >= 0.6 is 0 Å². The van der Waals surface area contributed by atoms with Crippen molar-refractivity contribution >= 4 is 17.8 Å². The number of carbonyl (C=O) groups is 3. The average molecular weight is 395 g/mol. The van der Waals surface area contributed by atoms with Crippen LogP contribution in [0.5, 0.6) is 0 Å². The predicted molar refractivity (Wildman–Crippen MR) is 108 cm³/mol. The fourth-order valence-corrected chi connectivity index (χ4v) is 3.68. The van der Waals surface area contributed by atoms with Gasteiger partial charge in [-0.25, -0.2) is 9.59 Å². The van der Waals surface area contributed by atoms with Gasteiger partial charge in [0.1, 0.15) is 0 Å². The quantitative estimate of drug-likeness (QED) is 0.531. The lowest BCUT2D eigenvalue weighted by Gasteiger charge is -2.36. The molecular weight excluding hydrogens is 360 g/mol. The molecule has 0 bridgehead atoms. The molecule has 2 rings (SSSR count). The van der Waals surface area contributed by atoms with Crippen molar-refractivity contribution in [1.82, 2.24) is 9.80 Å². The number of hydrogen-bond acceptors (Lipinski definition) is 4. The van der Waals surface area contributed by atoms with Gasteiger partial charge in [-0.2, -0.15) is 0 Å². The molecule has 7 heteroatoms. The minimum atomic E-state index is -1.82. The first-order chi connectivity index (χ1) is 13.2. The van der Waals surface area contributed by atoms with Gasteiger partial charge in [-0.3, -0.25) is 4.79 Å². The van der Waals surface area contributed by atoms with Gasteiger partial charge in [0.25, 0.3) is 0 Å². The van der Waals surface area contributed by atoms with Crippen molar-refractivity contribution in [2.24, 2.45) is 11.8 Å². The Labute approximate surface area is 167 Å². The lowest BCUT2D eigenvalue weighted by atomic mass is 9.91. The zero-order chi connectivity index (χ0) is 21.1. The van der Waals surface area contributed by atoms with Crippen LogP contribution in [0, 0.1) is 11.8 Å². The molecule has 1 amide bonds. The van der Waals surface area contributed by atoms with Crippen LogP contribution < -0.4 is 0 Å². The fourth-order valence-electron chi connectivity index (χ4n) is 3.68. The van der Waals surface area contributed by atoms with E-state index in [1.165, 1.54) is 25.8 Å². The number of rotatable bonds is 6. The van der Waals surface area contributed by atoms with Crippen molar-refractivity contribution in [2.45, 2.75) is 46.0 Å². The number of likely N-dealkylation sites (tertiary alicyclic amines) is 1. The summed E-state index contributed by atoms with van der Waals surface area (Å²) in [6.45, 7) is 12.9. The molecule has 1 saturated heterocycles. The Balaban J connectivity index is 0.000000568. The van der Waals surface area contributed by atoms with Gasteiger partial charge in [-0.05, 0) is 65.0 Å². The van der Waals surface area contributed by atoms with Crippen LogP contribution in [0.25, 0.3) is 0 Å². The molecule has 0 aromatic rings. The van der Waals surface area contributed by atoms with E-state index in [-0.39, 0.29) is 5.92 Å². The molecule has 1 fully saturated rings. The number of carboxylic acids is 2. The topological polar surface area (TPSA) is 98.2 Å². The highest BCUT2D eigenvalue weighted by Crippen LogP contribution is 2.24. The number of carboxylic acid groups (broad SMARTS) is 2. The maximum atomic E-state index is 12.6. The molecule has 7 nitrogen and oxygen atoms in total. The van der Waals surface area contributed by atoms with E-state index in [9.17, 15) is 4.79 Å². The highest BCUT2D eigenvalue weighted by Gasteiger charge is 2.28. The van der Waals surface area contributed by atoms with Crippen LogP contribution in [0.15, 0.2) is 24.3 Å². The minimum absolute atomic E-state index is 0.224. The van der Waals surface area contributed by atoms with Crippen molar-refractivity contribution in [3.8, 4) is 0 Å². The van der Waals surface area contributed by atoms with Gasteiger partial charge in [0, 0.05) is 25.6 Å². The van der Waals surface area contributed by atoms with E-state index in [0.717, 1.165) is 44.0 Å². The van der Waals surface area contributed by atoms with Crippen molar-refractivity contribution in [1.29, 1.82) is 0 Å². The molecule has 1 unspecified atom stereocenters. The summed E-state index contributed by atoms with van der Waals surface area (Å²) in [6.07, 6.45) is 10.5. The zero-order valence-electron chi connectivity index (χ0n) is 17.1. The third kappa shape index (κ3) is 8.69. The van der Waals surface area contributed by atoms with Gasteiger partial charge in [-0.1, -0.05) is 24.3 Å². The van der Waals surface area contributed by atoms with Crippen molar-refractivity contribution in [3.05, 3.63) is 24.3 Å². The van der Waals surface area contributed by atoms with Crippen molar-refractivity contribution in [2.75, 3.05) is 32.7 Å². The number of allylic oxidation sites excluding steroid dienone is 2. The van der Waals surface area contributed by atoms with Crippen LogP contribution in [-0.4, -0.2) is 70.6 Å². The third-order valence-electron chi connectivity index (χ3n) is 5.17. The maximum absolute atomic E-state index is 12.6. The van der Waals surface area contributed by atoms with E-state index >= 15 is 0 Å². The molecule has 28 heavy (non-hydrogen) atoms. The first kappa shape index (κ1) is 23.9. The fraction of sp³-hybridized carbons (Fsp3) is 0.667. The smallest absolute Gasteiger partial charge is 0.414 e. The number of nitrogens with zero attached hydrogens (tertiary/aromatic N) is 2. The van der Waals surface area contributed by atoms with E-state index in [0.29, 0.717) is 12.5 Å². The summed E-state index contributed by atoms with van der Waals surface area (Å²) in [5, 5.41) is 14.8. The van der Waals surface area contributed by atoms with E-state index in [1.54, 1.807) is 0 Å². The zero-order valence-corrected chi connectivity index (χ0v) is 17.1. The lowest BCUT2D eigenvalue weighted by Crippen LogP contribution is -2.44. The first-order valence-electron chi connectivity index (χ1n) is 10.0. The van der Waals surface area contributed by atoms with Crippen molar-refractivity contribution in [3.63, 3.8) is 0 Å². The summed E-state index contributed by atoms with van der Waals surface area (Å²) < 4.78 is 0. The monoisotopic (exact) mass is 394 g/mol. The van der Waals surface area contributed by atoms with Gasteiger partial charge in [-0.15, -0.1) is 0 Å². The molecule has 1 aliphatic carbocycles. The van der Waals surface area contributed by atoms with Gasteiger partial charge in [0.05, 0.1) is 0 Å². The van der Waals surface area contributed by atoms with Gasteiger partial charge < -0.3 is 20.0 Å². The normalized spacial score (nSPS) is 20.0. The Kier molecular flexibility index (Phi) is 10.5. The molecule has 2 N–H and O–H groups in total. The second-order valence-electron chi connectivity index (χ2n) is 7.65. The van der Waals surface area contributed by atoms with Crippen LogP contribution in [0.2, 0.25) is 0 Å². The summed E-state index contributed by atoms with van der Waals surface area (Å²) in [5.41, 5.74) is 1.07. The number of hydrogen-bond donors (Lipinski definition) is 2. The number of likely N-dealkylation sites (N-methyl/N-ethyl adjacent to an activating group) is 1. The SMILES string of the molecule is C=C(C)CN(CC)C(=O)C1CCN(CC2CC=CCC2)CC1.O=C(O)C(=O)O. The van der Waals surface area contributed by atoms with E-state index in [1.807, 2.05) is 11.8 Å². The van der Waals surface area contributed by atoms with Crippen LogP contribution in [0.1, 0.15) is 46.0 Å². The summed E-state index contributed by atoms with van der Waals surface area (Å²) >= 11 is 0. The number of piperidine rings is 1. The minimum Gasteiger partial charge on any atom is -0.473 e. The number of aliphatic carboxylic acids is 2. The molecule has 0 aromatic heterocycles. The summed E-state index contributed by atoms with van der Waals surface area (Å²) in [5.74, 6) is -2.26. The Hall–Kier alpha value is -2.15. The molecule has 0 saturated carbocycles. The third-order valence-corrected chi connectivity index (χ3v) is 5.17. The number of amides is 1. The summed E-state index contributed by atoms with van der Waals surface area (Å²) in [4.78, 5) is 35.4. The molecular formula is C21H34N2O5. The van der Waals surface area contributed by atoms with E-state index < -0.39 is 11.9 Å². The average Bonchev–Trinajstić information content (AvgIpc) is 2.67. The predicted octanol–water partition coefficient (Wildman–Crippen LogP) is 2.63. The molecule has 2 aliphatic rings.